The summed E-state index contributed by atoms with van der Waals surface area (Å²) >= 11 is 0. The number of benzene rings is 2. The van der Waals surface area contributed by atoms with Crippen molar-refractivity contribution in [2.24, 2.45) is 0 Å². The summed E-state index contributed by atoms with van der Waals surface area (Å²) in [6.45, 7) is 3.58. The second-order valence-corrected chi connectivity index (χ2v) is 8.19. The fourth-order valence-corrected chi connectivity index (χ4v) is 4.57. The van der Waals surface area contributed by atoms with Crippen LogP contribution >= 0.6 is 0 Å². The number of hydrogen-bond acceptors (Lipinski definition) is 1. The number of nitrogens with one attached hydrogen (secondary N) is 1. The normalized spacial score (nSPS) is 16.0. The van der Waals surface area contributed by atoms with Crippen LogP contribution in [0.2, 0.25) is 0 Å². The molecule has 148 valence electrons. The molecule has 2 aromatic carbocycles. The van der Waals surface area contributed by atoms with E-state index in [1.807, 2.05) is 12.1 Å². The van der Waals surface area contributed by atoms with E-state index in [-0.39, 0.29) is 5.82 Å². The van der Waals surface area contributed by atoms with Crippen molar-refractivity contribution in [3.8, 4) is 0 Å². The molecule has 1 fully saturated rings. The van der Waals surface area contributed by atoms with Gasteiger partial charge in [0.1, 0.15) is 5.82 Å². The Morgan fingerprint density at radius 2 is 1.64 bits per heavy atom. The molecule has 0 amide bonds. The largest absolute Gasteiger partial charge is 0.361 e. The predicted molar refractivity (Wildman–Crippen MR) is 115 cm³/mol. The molecule has 0 saturated carbocycles. The van der Waals surface area contributed by atoms with Crippen LogP contribution < -0.4 is 0 Å². The molecule has 0 bridgehead atoms. The van der Waals surface area contributed by atoms with Gasteiger partial charge >= 0.3 is 0 Å². The molecule has 4 rings (SSSR count). The summed E-state index contributed by atoms with van der Waals surface area (Å²) in [5, 5.41) is 1.38. The van der Waals surface area contributed by atoms with Gasteiger partial charge in [-0.25, -0.2) is 4.39 Å². The fourth-order valence-electron chi connectivity index (χ4n) is 4.57. The lowest BCUT2D eigenvalue weighted by atomic mass is 9.89. The number of aromatic amines is 1. The molecule has 1 aliphatic rings. The van der Waals surface area contributed by atoms with E-state index < -0.39 is 0 Å². The van der Waals surface area contributed by atoms with Crippen molar-refractivity contribution in [3.05, 3.63) is 71.7 Å². The molecule has 2 nitrogen and oxygen atoms in total. The molecule has 1 N–H and O–H groups in total. The van der Waals surface area contributed by atoms with E-state index in [9.17, 15) is 4.39 Å². The number of aromatic nitrogens is 1. The monoisotopic (exact) mass is 378 g/mol. The highest BCUT2D eigenvalue weighted by atomic mass is 19.1. The smallest absolute Gasteiger partial charge is 0.123 e. The maximum atomic E-state index is 13.1. The summed E-state index contributed by atoms with van der Waals surface area (Å²) in [5.74, 6) is 0.471. The first-order valence-electron chi connectivity index (χ1n) is 10.8. The van der Waals surface area contributed by atoms with Crippen molar-refractivity contribution in [1.82, 2.24) is 9.88 Å². The number of hydrogen-bond donors (Lipinski definition) is 1. The van der Waals surface area contributed by atoms with Gasteiger partial charge in [0.15, 0.2) is 0 Å². The van der Waals surface area contributed by atoms with Crippen molar-refractivity contribution in [2.45, 2.75) is 50.9 Å². The molecule has 2 heterocycles. The average Bonchev–Trinajstić information content (AvgIpc) is 3.15. The minimum Gasteiger partial charge on any atom is -0.361 e. The highest BCUT2D eigenvalue weighted by Gasteiger charge is 2.20. The molecule has 1 aromatic heterocycles. The Morgan fingerprint density at radius 3 is 2.46 bits per heavy atom. The SMILES string of the molecule is Fc1ccc(C2CCN(CCCCCCc3c[nH]c4ccccc34)CC2)cc1. The third-order valence-corrected chi connectivity index (χ3v) is 6.27. The number of H-pyrrole nitrogens is 1. The van der Waals surface area contributed by atoms with Crippen LogP contribution in [-0.2, 0) is 6.42 Å². The minimum absolute atomic E-state index is 0.133. The van der Waals surface area contributed by atoms with E-state index in [0.29, 0.717) is 5.92 Å². The van der Waals surface area contributed by atoms with E-state index in [0.717, 1.165) is 0 Å². The molecule has 1 aliphatic heterocycles. The number of halogens is 1. The first-order chi connectivity index (χ1) is 13.8. The zero-order chi connectivity index (χ0) is 19.2. The highest BCUT2D eigenvalue weighted by molar-refractivity contribution is 5.82. The van der Waals surface area contributed by atoms with Crippen LogP contribution in [0.4, 0.5) is 4.39 Å². The summed E-state index contributed by atoms with van der Waals surface area (Å²) in [6, 6.07) is 15.7. The second-order valence-electron chi connectivity index (χ2n) is 8.19. The number of piperidine rings is 1. The number of nitrogens with zero attached hydrogens (tertiary/aromatic N) is 1. The Labute approximate surface area is 167 Å². The lowest BCUT2D eigenvalue weighted by molar-refractivity contribution is 0.208. The Hall–Kier alpha value is -2.13. The van der Waals surface area contributed by atoms with Gasteiger partial charge in [0.25, 0.3) is 0 Å². The maximum absolute atomic E-state index is 13.1. The van der Waals surface area contributed by atoms with Crippen molar-refractivity contribution in [3.63, 3.8) is 0 Å². The Kier molecular flexibility index (Phi) is 6.43. The second kappa shape index (κ2) is 9.38. The molecule has 3 heteroatoms. The van der Waals surface area contributed by atoms with Gasteiger partial charge in [-0.05, 0) is 87.0 Å². The van der Waals surface area contributed by atoms with Crippen LogP contribution in [0.3, 0.4) is 0 Å². The van der Waals surface area contributed by atoms with Crippen LogP contribution in [0.25, 0.3) is 10.9 Å². The van der Waals surface area contributed by atoms with Gasteiger partial charge in [-0.2, -0.15) is 0 Å². The zero-order valence-electron chi connectivity index (χ0n) is 16.7. The maximum Gasteiger partial charge on any atom is 0.123 e. The van der Waals surface area contributed by atoms with Crippen molar-refractivity contribution in [1.29, 1.82) is 0 Å². The molecular weight excluding hydrogens is 347 g/mol. The number of para-hydroxylation sites is 1. The Bertz CT molecular complexity index is 860. The van der Waals surface area contributed by atoms with Crippen LogP contribution in [-0.4, -0.2) is 29.5 Å². The number of rotatable bonds is 8. The quantitative estimate of drug-likeness (QED) is 0.456. The molecule has 0 atom stereocenters. The first kappa shape index (κ1) is 19.2. The lowest BCUT2D eigenvalue weighted by Gasteiger charge is -2.32. The standard InChI is InChI=1S/C25H31FN2/c26-23-12-10-20(11-13-23)21-14-17-28(18-15-21)16-6-2-1-3-7-22-19-27-25-9-5-4-8-24(22)25/h4-5,8-13,19,21,27H,1-3,6-7,14-18H2. The summed E-state index contributed by atoms with van der Waals surface area (Å²) in [6.07, 6.45) is 11.0. The molecule has 1 saturated heterocycles. The summed E-state index contributed by atoms with van der Waals surface area (Å²) in [5.41, 5.74) is 4.01. The topological polar surface area (TPSA) is 19.0 Å². The molecule has 28 heavy (non-hydrogen) atoms. The van der Waals surface area contributed by atoms with E-state index in [1.165, 1.54) is 86.6 Å². The van der Waals surface area contributed by atoms with Crippen LogP contribution in [0.1, 0.15) is 55.6 Å². The molecule has 0 radical (unpaired) electrons. The number of unbranched alkanes of at least 4 members (excludes halogenated alkanes) is 3. The lowest BCUT2D eigenvalue weighted by Crippen LogP contribution is -2.33. The van der Waals surface area contributed by atoms with Crippen molar-refractivity contribution < 1.29 is 4.39 Å². The average molecular weight is 379 g/mol. The van der Waals surface area contributed by atoms with Gasteiger partial charge in [-0.1, -0.05) is 43.2 Å². The van der Waals surface area contributed by atoms with Gasteiger partial charge in [-0.15, -0.1) is 0 Å². The van der Waals surface area contributed by atoms with E-state index in [2.05, 4.69) is 40.3 Å². The number of fused-ring (bicyclic) bond motifs is 1. The molecular formula is C25H31FN2. The molecule has 0 spiro atoms. The van der Waals surface area contributed by atoms with Crippen molar-refractivity contribution >= 4 is 10.9 Å². The minimum atomic E-state index is -0.133. The van der Waals surface area contributed by atoms with Gasteiger partial charge in [-0.3, -0.25) is 0 Å². The Balaban J connectivity index is 1.11. The van der Waals surface area contributed by atoms with Crippen LogP contribution in [0.5, 0.6) is 0 Å². The fraction of sp³-hybridized carbons (Fsp3) is 0.440. The molecule has 3 aromatic rings. The van der Waals surface area contributed by atoms with Gasteiger partial charge in [0.05, 0.1) is 0 Å². The molecule has 0 aliphatic carbocycles. The van der Waals surface area contributed by atoms with Crippen molar-refractivity contribution in [2.75, 3.05) is 19.6 Å². The van der Waals surface area contributed by atoms with E-state index in [1.54, 1.807) is 12.1 Å². The van der Waals surface area contributed by atoms with Gasteiger partial charge in [0.2, 0.25) is 0 Å². The summed E-state index contributed by atoms with van der Waals surface area (Å²) in [7, 11) is 0. The first-order valence-corrected chi connectivity index (χ1v) is 10.8. The summed E-state index contributed by atoms with van der Waals surface area (Å²) < 4.78 is 13.1. The predicted octanol–water partition coefficient (Wildman–Crippen LogP) is 6.29. The third-order valence-electron chi connectivity index (χ3n) is 6.27. The van der Waals surface area contributed by atoms with E-state index in [4.69, 9.17) is 0 Å². The molecule has 0 unspecified atom stereocenters. The van der Waals surface area contributed by atoms with Gasteiger partial charge in [0, 0.05) is 17.1 Å². The number of aryl methyl sites for hydroxylation is 1. The highest BCUT2D eigenvalue weighted by Crippen LogP contribution is 2.28. The number of likely N-dealkylation sites (tertiary alicyclic amines) is 1. The third kappa shape index (κ3) is 4.82. The zero-order valence-corrected chi connectivity index (χ0v) is 16.7. The Morgan fingerprint density at radius 1 is 0.893 bits per heavy atom. The van der Waals surface area contributed by atoms with Crippen LogP contribution in [0.15, 0.2) is 54.7 Å². The summed E-state index contributed by atoms with van der Waals surface area (Å²) in [4.78, 5) is 5.99. The van der Waals surface area contributed by atoms with E-state index >= 15 is 0 Å². The van der Waals surface area contributed by atoms with Crippen LogP contribution in [0, 0.1) is 5.82 Å². The van der Waals surface area contributed by atoms with Gasteiger partial charge < -0.3 is 9.88 Å².